The molecule has 1 aromatic heterocycles. The van der Waals surface area contributed by atoms with E-state index in [9.17, 15) is 18.0 Å². The largest absolute Gasteiger partial charge is 0.504 e. The van der Waals surface area contributed by atoms with Crippen molar-refractivity contribution in [3.05, 3.63) is 89.7 Å². The van der Waals surface area contributed by atoms with Crippen molar-refractivity contribution < 1.29 is 27.4 Å². The Kier molecular flexibility index (Phi) is 8.48. The first-order valence-electron chi connectivity index (χ1n) is 11.8. The van der Waals surface area contributed by atoms with Crippen LogP contribution in [0.5, 0.6) is 17.2 Å². The van der Waals surface area contributed by atoms with Crippen LogP contribution in [0, 0.1) is 24.0 Å². The molecule has 0 unspecified atom stereocenters. The molecule has 0 aliphatic carbocycles. The molecule has 3 aromatic carbocycles. The van der Waals surface area contributed by atoms with E-state index in [2.05, 4.69) is 20.5 Å². The monoisotopic (exact) mass is 535 g/mol. The summed E-state index contributed by atoms with van der Waals surface area (Å²) in [6.45, 7) is 8.84. The quantitative estimate of drug-likeness (QED) is 0.179. The van der Waals surface area contributed by atoms with E-state index in [-0.39, 0.29) is 17.1 Å². The number of halogens is 3. The van der Waals surface area contributed by atoms with Crippen LogP contribution in [0.15, 0.2) is 60.8 Å². The third-order valence-corrected chi connectivity index (χ3v) is 5.51. The molecule has 0 saturated carbocycles. The number of nitrogens with zero attached hydrogens (tertiary/aromatic N) is 3. The summed E-state index contributed by atoms with van der Waals surface area (Å²) in [7, 11) is 3.94. The molecule has 0 saturated heterocycles. The van der Waals surface area contributed by atoms with Gasteiger partial charge < -0.3 is 25.0 Å². The van der Waals surface area contributed by atoms with Gasteiger partial charge in [-0.25, -0.2) is 22.8 Å². The number of carbonyl (C=O) groups excluding carboxylic acids is 1. The number of hydrogen-bond donors (Lipinski definition) is 2. The predicted octanol–water partition coefficient (Wildman–Crippen LogP) is 6.97. The lowest BCUT2D eigenvalue weighted by molar-refractivity contribution is 0.262. The summed E-state index contributed by atoms with van der Waals surface area (Å²) in [6.07, 6.45) is 2.32. The van der Waals surface area contributed by atoms with Gasteiger partial charge in [0.25, 0.3) is 0 Å². The fourth-order valence-corrected chi connectivity index (χ4v) is 3.65. The average molecular weight is 536 g/mol. The SMILES string of the molecule is [C-]#[N+]c1cc2c(Oc3ccc(NC(=O)Nc4ccc(F)cc4F)c(F)c3)ccnc2cc1OCCCN(C)C. The molecule has 0 atom stereocenters. The van der Waals surface area contributed by atoms with Gasteiger partial charge in [-0.15, -0.1) is 0 Å². The van der Waals surface area contributed by atoms with Crippen molar-refractivity contribution in [3.8, 4) is 17.2 Å². The van der Waals surface area contributed by atoms with Gasteiger partial charge in [0.2, 0.25) is 5.69 Å². The molecule has 0 aliphatic heterocycles. The molecule has 8 nitrogen and oxygen atoms in total. The first-order chi connectivity index (χ1) is 18.7. The Bertz CT molecular complexity index is 1560. The van der Waals surface area contributed by atoms with E-state index in [1.807, 2.05) is 19.0 Å². The Morgan fingerprint density at radius 3 is 2.36 bits per heavy atom. The Hall–Kier alpha value is -4.82. The van der Waals surface area contributed by atoms with Gasteiger partial charge >= 0.3 is 6.03 Å². The van der Waals surface area contributed by atoms with Crippen LogP contribution in [0.1, 0.15) is 6.42 Å². The number of anilines is 2. The van der Waals surface area contributed by atoms with E-state index < -0.39 is 23.5 Å². The van der Waals surface area contributed by atoms with Gasteiger partial charge in [-0.2, -0.15) is 0 Å². The van der Waals surface area contributed by atoms with E-state index in [1.54, 1.807) is 18.2 Å². The fraction of sp³-hybridized carbons (Fsp3) is 0.179. The van der Waals surface area contributed by atoms with E-state index in [1.165, 1.54) is 18.3 Å². The van der Waals surface area contributed by atoms with E-state index in [0.29, 0.717) is 40.8 Å². The Balaban J connectivity index is 1.48. The summed E-state index contributed by atoms with van der Waals surface area (Å²) in [6, 6.07) is 10.4. The number of benzene rings is 3. The molecule has 39 heavy (non-hydrogen) atoms. The van der Waals surface area contributed by atoms with E-state index in [4.69, 9.17) is 16.0 Å². The third-order valence-electron chi connectivity index (χ3n) is 5.51. The minimum atomic E-state index is -0.969. The van der Waals surface area contributed by atoms with E-state index >= 15 is 0 Å². The van der Waals surface area contributed by atoms with Crippen molar-refractivity contribution in [1.82, 2.24) is 9.88 Å². The summed E-state index contributed by atoms with van der Waals surface area (Å²) in [4.78, 5) is 22.1. The van der Waals surface area contributed by atoms with Crippen LogP contribution in [0.4, 0.5) is 35.0 Å². The highest BCUT2D eigenvalue weighted by atomic mass is 19.1. The van der Waals surface area contributed by atoms with Gasteiger partial charge in [-0.1, -0.05) is 0 Å². The number of carbonyl (C=O) groups is 1. The smallest absolute Gasteiger partial charge is 0.323 e. The molecule has 4 rings (SSSR count). The van der Waals surface area contributed by atoms with Crippen LogP contribution < -0.4 is 20.1 Å². The van der Waals surface area contributed by atoms with E-state index in [0.717, 1.165) is 31.2 Å². The van der Waals surface area contributed by atoms with Crippen molar-refractivity contribution >= 4 is 34.0 Å². The number of hydrogen-bond acceptors (Lipinski definition) is 5. The van der Waals surface area contributed by atoms with Crippen LogP contribution in [-0.4, -0.2) is 43.2 Å². The van der Waals surface area contributed by atoms with Crippen molar-refractivity contribution in [3.63, 3.8) is 0 Å². The summed E-state index contributed by atoms with van der Waals surface area (Å²) >= 11 is 0. The first kappa shape index (κ1) is 27.2. The standard InChI is InChI=1S/C28H24F3N5O3/c1-32-25-15-19-24(16-27(25)38-12-4-11-36(2)3)33-10-9-26(19)39-18-6-8-23(21(31)14-18)35-28(37)34-22-7-5-17(29)13-20(22)30/h5-10,13-16H,4,11-12H2,2-3H3,(H2,34,35,37). The minimum absolute atomic E-state index is 0.129. The Labute approximate surface area is 222 Å². The second kappa shape index (κ2) is 12.1. The van der Waals surface area contributed by atoms with Gasteiger partial charge in [0, 0.05) is 30.3 Å². The molecule has 200 valence electrons. The molecule has 0 spiro atoms. The second-order valence-electron chi connectivity index (χ2n) is 8.71. The van der Waals surface area contributed by atoms with Crippen LogP contribution in [0.3, 0.4) is 0 Å². The van der Waals surface area contributed by atoms with Crippen LogP contribution in [0.25, 0.3) is 15.7 Å². The molecule has 2 amide bonds. The molecule has 0 radical (unpaired) electrons. The van der Waals surface area contributed by atoms with Crippen molar-refractivity contribution in [2.45, 2.75) is 6.42 Å². The zero-order valence-corrected chi connectivity index (χ0v) is 21.1. The number of amides is 2. The summed E-state index contributed by atoms with van der Waals surface area (Å²) in [5.41, 5.74) is 0.374. The summed E-state index contributed by atoms with van der Waals surface area (Å²) < 4.78 is 53.2. The van der Waals surface area contributed by atoms with Crippen molar-refractivity contribution in [2.24, 2.45) is 0 Å². The third kappa shape index (κ3) is 6.94. The lowest BCUT2D eigenvalue weighted by Crippen LogP contribution is -2.20. The van der Waals surface area contributed by atoms with Gasteiger partial charge in [-0.3, -0.25) is 4.98 Å². The minimum Gasteiger partial charge on any atom is -0.504 e. The fourth-order valence-electron chi connectivity index (χ4n) is 3.65. The van der Waals surface area contributed by atoms with Gasteiger partial charge in [0.1, 0.15) is 34.7 Å². The zero-order chi connectivity index (χ0) is 27.9. The topological polar surface area (TPSA) is 80.1 Å². The maximum atomic E-state index is 14.7. The summed E-state index contributed by atoms with van der Waals surface area (Å²) in [5.74, 6) is -1.69. The number of pyridine rings is 1. The van der Waals surface area contributed by atoms with Gasteiger partial charge in [0.15, 0.2) is 0 Å². The van der Waals surface area contributed by atoms with Crippen molar-refractivity contribution in [1.29, 1.82) is 0 Å². The Morgan fingerprint density at radius 2 is 1.69 bits per heavy atom. The van der Waals surface area contributed by atoms with Crippen LogP contribution in [0.2, 0.25) is 0 Å². The molecule has 0 fully saturated rings. The number of urea groups is 1. The van der Waals surface area contributed by atoms with Crippen LogP contribution in [-0.2, 0) is 0 Å². The zero-order valence-electron chi connectivity index (χ0n) is 21.1. The van der Waals surface area contributed by atoms with Crippen LogP contribution >= 0.6 is 0 Å². The van der Waals surface area contributed by atoms with Gasteiger partial charge in [0.05, 0.1) is 30.1 Å². The molecule has 0 aliphatic rings. The summed E-state index contributed by atoms with van der Waals surface area (Å²) in [5, 5.41) is 4.99. The lowest BCUT2D eigenvalue weighted by Gasteiger charge is -2.14. The normalized spacial score (nSPS) is 10.8. The number of rotatable bonds is 9. The second-order valence-corrected chi connectivity index (χ2v) is 8.71. The lowest BCUT2D eigenvalue weighted by atomic mass is 10.1. The maximum Gasteiger partial charge on any atom is 0.323 e. The first-order valence-corrected chi connectivity index (χ1v) is 11.8. The molecule has 2 N–H and O–H groups in total. The number of aromatic nitrogens is 1. The van der Waals surface area contributed by atoms with Gasteiger partial charge in [-0.05, 0) is 63.0 Å². The molecule has 4 aromatic rings. The molecule has 11 heteroatoms. The molecule has 1 heterocycles. The van der Waals surface area contributed by atoms with Crippen molar-refractivity contribution in [2.75, 3.05) is 37.9 Å². The predicted molar refractivity (Wildman–Crippen MR) is 142 cm³/mol. The number of nitrogens with one attached hydrogen (secondary N) is 2. The maximum absolute atomic E-state index is 14.7. The number of ether oxygens (including phenoxy) is 2. The average Bonchev–Trinajstić information content (AvgIpc) is 2.89. The highest BCUT2D eigenvalue weighted by Gasteiger charge is 2.14. The highest BCUT2D eigenvalue weighted by Crippen LogP contribution is 2.37. The number of fused-ring (bicyclic) bond motifs is 1. The molecule has 0 bridgehead atoms. The molecular weight excluding hydrogens is 511 g/mol. The Morgan fingerprint density at radius 1 is 0.974 bits per heavy atom. The molecular formula is C28H24F3N5O3. The highest BCUT2D eigenvalue weighted by molar-refractivity contribution is 6.00.